The quantitative estimate of drug-likeness (QED) is 0.489. The number of hydrogen-bond donors (Lipinski definition) is 1. The lowest BCUT2D eigenvalue weighted by Gasteiger charge is -2.37. The molecular formula is C24H27N7O2. The number of nitrogens with zero attached hydrogens (tertiary/aromatic N) is 6. The van der Waals surface area contributed by atoms with E-state index in [0.29, 0.717) is 19.3 Å². The van der Waals surface area contributed by atoms with Gasteiger partial charge in [0.15, 0.2) is 11.6 Å². The minimum atomic E-state index is 0.480. The summed E-state index contributed by atoms with van der Waals surface area (Å²) in [6.07, 6.45) is 5.78. The largest absolute Gasteiger partial charge is 0.488 e. The van der Waals surface area contributed by atoms with Gasteiger partial charge >= 0.3 is 0 Å². The van der Waals surface area contributed by atoms with E-state index in [4.69, 9.17) is 14.5 Å². The van der Waals surface area contributed by atoms with E-state index in [1.165, 1.54) is 6.42 Å². The highest BCUT2D eigenvalue weighted by molar-refractivity contribution is 5.72. The zero-order chi connectivity index (χ0) is 22.4. The van der Waals surface area contributed by atoms with Gasteiger partial charge in [0.05, 0.1) is 30.6 Å². The molecule has 0 aromatic carbocycles. The molecule has 4 aromatic rings. The van der Waals surface area contributed by atoms with Crippen molar-refractivity contribution >= 4 is 17.2 Å². The number of likely N-dealkylation sites (tertiary alicyclic amines) is 1. The highest BCUT2D eigenvalue weighted by atomic mass is 16.5. The Morgan fingerprint density at radius 3 is 2.97 bits per heavy atom. The SMILES string of the molecule is CN1CC[C@@H]1COc1cnn(C)c1-c1ccn2nc(Nc3ccc4c(n3)CCOC4)cc2c1. The molecule has 1 N–H and O–H groups in total. The lowest BCUT2D eigenvalue weighted by atomic mass is 10.1. The van der Waals surface area contributed by atoms with E-state index >= 15 is 0 Å². The Morgan fingerprint density at radius 1 is 1.18 bits per heavy atom. The van der Waals surface area contributed by atoms with Crippen LogP contribution in [0.25, 0.3) is 16.8 Å². The molecule has 170 valence electrons. The third-order valence-electron chi connectivity index (χ3n) is 6.58. The van der Waals surface area contributed by atoms with Gasteiger partial charge in [0.1, 0.15) is 18.1 Å². The number of nitrogens with one attached hydrogen (secondary N) is 1. The van der Waals surface area contributed by atoms with Crippen molar-refractivity contribution in [3.8, 4) is 17.0 Å². The average molecular weight is 446 g/mol. The molecule has 0 spiro atoms. The Morgan fingerprint density at radius 2 is 2.12 bits per heavy atom. The van der Waals surface area contributed by atoms with Gasteiger partial charge in [-0.15, -0.1) is 0 Å². The Hall–Kier alpha value is -3.43. The molecule has 6 rings (SSSR count). The Balaban J connectivity index is 1.24. The van der Waals surface area contributed by atoms with Crippen molar-refractivity contribution in [3.63, 3.8) is 0 Å². The van der Waals surface area contributed by atoms with E-state index in [-0.39, 0.29) is 0 Å². The van der Waals surface area contributed by atoms with Crippen LogP contribution in [0.15, 0.2) is 42.7 Å². The molecule has 0 unspecified atom stereocenters. The summed E-state index contributed by atoms with van der Waals surface area (Å²) in [5, 5.41) is 12.4. The molecule has 9 heteroatoms. The molecule has 6 heterocycles. The molecule has 0 amide bonds. The maximum Gasteiger partial charge on any atom is 0.165 e. The Kier molecular flexibility index (Phi) is 5.00. The summed E-state index contributed by atoms with van der Waals surface area (Å²) in [6, 6.07) is 10.7. The van der Waals surface area contributed by atoms with Gasteiger partial charge in [-0.2, -0.15) is 10.2 Å². The topological polar surface area (TPSA) is 81.7 Å². The number of ether oxygens (including phenoxy) is 2. The summed E-state index contributed by atoms with van der Waals surface area (Å²) in [5.41, 5.74) is 5.23. The maximum absolute atomic E-state index is 6.15. The van der Waals surface area contributed by atoms with Crippen molar-refractivity contribution in [2.45, 2.75) is 25.5 Å². The summed E-state index contributed by atoms with van der Waals surface area (Å²) in [7, 11) is 4.08. The predicted octanol–water partition coefficient (Wildman–Crippen LogP) is 3.03. The summed E-state index contributed by atoms with van der Waals surface area (Å²) >= 11 is 0. The smallest absolute Gasteiger partial charge is 0.165 e. The summed E-state index contributed by atoms with van der Waals surface area (Å²) in [6.45, 7) is 3.17. The minimum Gasteiger partial charge on any atom is -0.488 e. The first-order chi connectivity index (χ1) is 16.1. The predicted molar refractivity (Wildman–Crippen MR) is 125 cm³/mol. The zero-order valence-electron chi connectivity index (χ0n) is 18.9. The molecule has 2 aliphatic rings. The van der Waals surface area contributed by atoms with Crippen molar-refractivity contribution in [1.29, 1.82) is 0 Å². The lowest BCUT2D eigenvalue weighted by molar-refractivity contribution is 0.0771. The van der Waals surface area contributed by atoms with E-state index in [0.717, 1.165) is 65.0 Å². The highest BCUT2D eigenvalue weighted by Gasteiger charge is 2.25. The highest BCUT2D eigenvalue weighted by Crippen LogP contribution is 2.31. The van der Waals surface area contributed by atoms with Crippen LogP contribution in [0.2, 0.25) is 0 Å². The number of aryl methyl sites for hydroxylation is 1. The van der Waals surface area contributed by atoms with Gasteiger partial charge in [-0.25, -0.2) is 9.50 Å². The van der Waals surface area contributed by atoms with Crippen LogP contribution >= 0.6 is 0 Å². The van der Waals surface area contributed by atoms with Gasteiger partial charge in [0.25, 0.3) is 0 Å². The van der Waals surface area contributed by atoms with Crippen LogP contribution in [0.1, 0.15) is 17.7 Å². The molecule has 9 nitrogen and oxygen atoms in total. The van der Waals surface area contributed by atoms with E-state index in [2.05, 4.69) is 39.6 Å². The van der Waals surface area contributed by atoms with Gasteiger partial charge in [-0.1, -0.05) is 6.07 Å². The van der Waals surface area contributed by atoms with Gasteiger partial charge in [-0.05, 0) is 43.8 Å². The van der Waals surface area contributed by atoms with Crippen LogP contribution in [-0.2, 0) is 24.8 Å². The van der Waals surface area contributed by atoms with Gasteiger partial charge in [0.2, 0.25) is 0 Å². The number of likely N-dealkylation sites (N-methyl/N-ethyl adjacent to an activating group) is 1. The van der Waals surface area contributed by atoms with E-state index in [9.17, 15) is 0 Å². The van der Waals surface area contributed by atoms with E-state index in [1.54, 1.807) is 6.20 Å². The van der Waals surface area contributed by atoms with Crippen LogP contribution in [0, 0.1) is 0 Å². The molecule has 0 radical (unpaired) electrons. The van der Waals surface area contributed by atoms with Crippen molar-refractivity contribution in [2.75, 3.05) is 32.1 Å². The fourth-order valence-electron chi connectivity index (χ4n) is 4.45. The number of hydrogen-bond acceptors (Lipinski definition) is 7. The second-order valence-corrected chi connectivity index (χ2v) is 8.76. The molecule has 33 heavy (non-hydrogen) atoms. The molecule has 0 aliphatic carbocycles. The van der Waals surface area contributed by atoms with E-state index in [1.807, 2.05) is 40.6 Å². The fraction of sp³-hybridized carbons (Fsp3) is 0.375. The van der Waals surface area contributed by atoms with Crippen molar-refractivity contribution in [3.05, 3.63) is 54.0 Å². The Bertz CT molecular complexity index is 1310. The molecule has 1 fully saturated rings. The number of rotatable bonds is 6. The first kappa shape index (κ1) is 20.2. The van der Waals surface area contributed by atoms with Gasteiger partial charge < -0.3 is 14.8 Å². The number of pyridine rings is 2. The lowest BCUT2D eigenvalue weighted by Crippen LogP contribution is -2.48. The van der Waals surface area contributed by atoms with Crippen molar-refractivity contribution in [1.82, 2.24) is 29.3 Å². The monoisotopic (exact) mass is 445 g/mol. The molecule has 1 atom stereocenters. The van der Waals surface area contributed by atoms with Crippen molar-refractivity contribution in [2.24, 2.45) is 7.05 Å². The number of aromatic nitrogens is 5. The van der Waals surface area contributed by atoms with Crippen LogP contribution in [0.5, 0.6) is 5.75 Å². The summed E-state index contributed by atoms with van der Waals surface area (Å²) in [5.74, 6) is 2.35. The molecule has 2 aliphatic heterocycles. The molecule has 0 saturated carbocycles. The Labute approximate surface area is 191 Å². The second kappa shape index (κ2) is 8.17. The van der Waals surface area contributed by atoms with Gasteiger partial charge in [0, 0.05) is 37.3 Å². The van der Waals surface area contributed by atoms with Crippen LogP contribution < -0.4 is 10.1 Å². The van der Waals surface area contributed by atoms with Gasteiger partial charge in [-0.3, -0.25) is 9.58 Å². The van der Waals surface area contributed by atoms with Crippen LogP contribution in [0.3, 0.4) is 0 Å². The standard InChI is InChI=1S/C24H27N7O2/c1-29-8-6-18(29)15-33-21-13-25-30(2)24(21)16-5-9-31-19(11-16)12-23(28-31)27-22-4-3-17-14-32-10-7-20(17)26-22/h3-5,9,11-13,18H,6-8,10,14-15H2,1-2H3,(H,26,27,28)/t18-/m1/s1. The molecule has 4 aromatic heterocycles. The molecular weight excluding hydrogens is 418 g/mol. The molecule has 0 bridgehead atoms. The molecule has 1 saturated heterocycles. The minimum absolute atomic E-state index is 0.480. The summed E-state index contributed by atoms with van der Waals surface area (Å²) in [4.78, 5) is 7.05. The van der Waals surface area contributed by atoms with Crippen LogP contribution in [-0.4, -0.2) is 62.1 Å². The van der Waals surface area contributed by atoms with E-state index < -0.39 is 0 Å². The normalized spacial score (nSPS) is 18.2. The average Bonchev–Trinajstić information content (AvgIpc) is 3.39. The number of fused-ring (bicyclic) bond motifs is 2. The van der Waals surface area contributed by atoms with Crippen molar-refractivity contribution < 1.29 is 9.47 Å². The third kappa shape index (κ3) is 3.83. The maximum atomic E-state index is 6.15. The second-order valence-electron chi connectivity index (χ2n) is 8.76. The number of anilines is 2. The zero-order valence-corrected chi connectivity index (χ0v) is 18.9. The third-order valence-corrected chi connectivity index (χ3v) is 6.58. The fourth-order valence-corrected chi connectivity index (χ4v) is 4.45. The summed E-state index contributed by atoms with van der Waals surface area (Å²) < 4.78 is 15.4. The first-order valence-corrected chi connectivity index (χ1v) is 11.3. The first-order valence-electron chi connectivity index (χ1n) is 11.3. The van der Waals surface area contributed by atoms with Crippen LogP contribution in [0.4, 0.5) is 11.6 Å².